The lowest BCUT2D eigenvalue weighted by molar-refractivity contribution is -0.147. The average molecular weight is 300 g/mol. The molecular weight excluding hydrogens is 289 g/mol. The maximum Gasteiger partial charge on any atom is 0.453 e. The fourth-order valence-electron chi connectivity index (χ4n) is 1.55. The zero-order valence-electron chi connectivity index (χ0n) is 10.5. The van der Waals surface area contributed by atoms with E-state index in [2.05, 4.69) is 15.3 Å². The molecule has 1 aromatic carbocycles. The maximum absolute atomic E-state index is 12.7. The second kappa shape index (κ2) is 5.58. The van der Waals surface area contributed by atoms with Gasteiger partial charge in [0.05, 0.1) is 6.21 Å². The van der Waals surface area contributed by atoms with Crippen LogP contribution in [0.15, 0.2) is 29.4 Å². The molecule has 0 atom stereocenters. The van der Waals surface area contributed by atoms with Crippen molar-refractivity contribution >= 4 is 18.4 Å². The Morgan fingerprint density at radius 2 is 2.00 bits per heavy atom. The number of nitrogens with one attached hydrogen (secondary N) is 1. The number of aryl methyl sites for hydroxylation is 1. The van der Waals surface area contributed by atoms with Gasteiger partial charge in [-0.3, -0.25) is 0 Å². The quantitative estimate of drug-likeness (QED) is 0.697. The summed E-state index contributed by atoms with van der Waals surface area (Å²) in [4.78, 5) is 0. The molecule has 4 nitrogen and oxygen atoms in total. The van der Waals surface area contributed by atoms with E-state index >= 15 is 0 Å². The van der Waals surface area contributed by atoms with E-state index in [1.807, 2.05) is 19.1 Å². The third-order valence-electron chi connectivity index (χ3n) is 2.61. The van der Waals surface area contributed by atoms with Crippen LogP contribution in [0.1, 0.15) is 23.9 Å². The first-order valence-electron chi connectivity index (χ1n) is 5.79. The Balaban J connectivity index is 2.31. The first-order valence-corrected chi connectivity index (χ1v) is 6.20. The van der Waals surface area contributed by atoms with E-state index in [4.69, 9.17) is 12.2 Å². The molecule has 1 N–H and O–H groups in total. The Labute approximate surface area is 117 Å². The van der Waals surface area contributed by atoms with Crippen molar-refractivity contribution < 1.29 is 13.2 Å². The Hall–Kier alpha value is -1.96. The number of benzene rings is 1. The monoisotopic (exact) mass is 300 g/mol. The first-order chi connectivity index (χ1) is 9.41. The highest BCUT2D eigenvalue weighted by molar-refractivity contribution is 7.71. The van der Waals surface area contributed by atoms with Crippen molar-refractivity contribution in [3.63, 3.8) is 0 Å². The van der Waals surface area contributed by atoms with Gasteiger partial charge in [0.25, 0.3) is 5.82 Å². The minimum absolute atomic E-state index is 0.209. The Morgan fingerprint density at radius 3 is 2.55 bits per heavy atom. The van der Waals surface area contributed by atoms with Crippen LogP contribution in [0.5, 0.6) is 0 Å². The van der Waals surface area contributed by atoms with Gasteiger partial charge >= 0.3 is 6.18 Å². The Morgan fingerprint density at radius 1 is 1.35 bits per heavy atom. The molecule has 0 aliphatic carbocycles. The average Bonchev–Trinajstić information content (AvgIpc) is 2.78. The smallest absolute Gasteiger partial charge is 0.250 e. The van der Waals surface area contributed by atoms with Crippen LogP contribution in [0.25, 0.3) is 0 Å². The van der Waals surface area contributed by atoms with Gasteiger partial charge in [-0.25, -0.2) is 5.10 Å². The number of hydrogen-bond acceptors (Lipinski definition) is 3. The SMILES string of the molecule is CCc1ccc(/C=N\n2c(C(F)(F)F)n[nH]c2=S)cc1. The van der Waals surface area contributed by atoms with Gasteiger partial charge in [-0.05, 0) is 29.8 Å². The first kappa shape index (κ1) is 14.4. The van der Waals surface area contributed by atoms with Crippen LogP contribution in [0.2, 0.25) is 0 Å². The summed E-state index contributed by atoms with van der Waals surface area (Å²) in [6.45, 7) is 2.02. The van der Waals surface area contributed by atoms with E-state index in [-0.39, 0.29) is 4.77 Å². The van der Waals surface area contributed by atoms with Crippen LogP contribution in [0, 0.1) is 4.77 Å². The molecule has 2 rings (SSSR count). The molecule has 0 aliphatic heterocycles. The summed E-state index contributed by atoms with van der Waals surface area (Å²) in [5.41, 5.74) is 1.82. The molecule has 106 valence electrons. The minimum atomic E-state index is -4.61. The van der Waals surface area contributed by atoms with E-state index in [0.717, 1.165) is 12.0 Å². The molecule has 0 unspecified atom stereocenters. The number of alkyl halides is 3. The number of aromatic nitrogens is 3. The molecule has 0 aliphatic rings. The molecule has 1 heterocycles. The molecule has 0 saturated carbocycles. The standard InChI is InChI=1S/C12H11F3N4S/c1-2-8-3-5-9(6-4-8)7-16-19-10(12(13,14)15)17-18-11(19)20/h3-7H,2H2,1H3,(H,18,20)/b16-7-. The van der Waals surface area contributed by atoms with E-state index in [0.29, 0.717) is 10.2 Å². The van der Waals surface area contributed by atoms with E-state index in [9.17, 15) is 13.2 Å². The van der Waals surface area contributed by atoms with Crippen LogP contribution in [-0.2, 0) is 12.6 Å². The molecule has 2 aromatic rings. The van der Waals surface area contributed by atoms with Crippen molar-refractivity contribution in [3.8, 4) is 0 Å². The summed E-state index contributed by atoms with van der Waals surface area (Å²) in [5, 5.41) is 8.95. The summed E-state index contributed by atoms with van der Waals surface area (Å²) in [6, 6.07) is 7.33. The fourth-order valence-corrected chi connectivity index (χ4v) is 1.73. The Kier molecular flexibility index (Phi) is 4.03. The number of rotatable bonds is 3. The van der Waals surface area contributed by atoms with Gasteiger partial charge < -0.3 is 0 Å². The number of halogens is 3. The largest absolute Gasteiger partial charge is 0.453 e. The zero-order valence-corrected chi connectivity index (χ0v) is 11.3. The molecular formula is C12H11F3N4S. The molecule has 0 amide bonds. The molecule has 0 spiro atoms. The van der Waals surface area contributed by atoms with Gasteiger partial charge in [0.15, 0.2) is 0 Å². The lowest BCUT2D eigenvalue weighted by Crippen LogP contribution is -2.12. The summed E-state index contributed by atoms with van der Waals surface area (Å²) in [6.07, 6.45) is -2.42. The number of nitrogens with zero attached hydrogens (tertiary/aromatic N) is 3. The van der Waals surface area contributed by atoms with Gasteiger partial charge in [-0.15, -0.1) is 5.10 Å². The molecule has 0 fully saturated rings. The number of H-pyrrole nitrogens is 1. The third kappa shape index (κ3) is 3.13. The zero-order chi connectivity index (χ0) is 14.8. The minimum Gasteiger partial charge on any atom is -0.250 e. The fraction of sp³-hybridized carbons (Fsp3) is 0.250. The molecule has 20 heavy (non-hydrogen) atoms. The molecule has 0 saturated heterocycles. The highest BCUT2D eigenvalue weighted by Crippen LogP contribution is 2.27. The van der Waals surface area contributed by atoms with Crippen molar-refractivity contribution in [2.75, 3.05) is 0 Å². The summed E-state index contributed by atoms with van der Waals surface area (Å²) in [7, 11) is 0. The maximum atomic E-state index is 12.7. The third-order valence-corrected chi connectivity index (χ3v) is 2.88. The normalized spacial score (nSPS) is 12.2. The second-order valence-electron chi connectivity index (χ2n) is 4.00. The highest BCUT2D eigenvalue weighted by atomic mass is 32.1. The topological polar surface area (TPSA) is 46.0 Å². The summed E-state index contributed by atoms with van der Waals surface area (Å²) < 4.78 is 38.3. The van der Waals surface area contributed by atoms with Gasteiger partial charge in [0.1, 0.15) is 0 Å². The Bertz CT molecular complexity index is 667. The van der Waals surface area contributed by atoms with Crippen molar-refractivity contribution in [1.82, 2.24) is 14.9 Å². The van der Waals surface area contributed by atoms with E-state index in [1.54, 1.807) is 12.1 Å². The molecule has 1 aromatic heterocycles. The number of aromatic amines is 1. The van der Waals surface area contributed by atoms with Crippen molar-refractivity contribution in [1.29, 1.82) is 0 Å². The lowest BCUT2D eigenvalue weighted by Gasteiger charge is -2.04. The van der Waals surface area contributed by atoms with Gasteiger partial charge in [-0.1, -0.05) is 31.2 Å². The predicted molar refractivity (Wildman–Crippen MR) is 71.2 cm³/mol. The molecule has 0 bridgehead atoms. The van der Waals surface area contributed by atoms with Crippen LogP contribution in [0.4, 0.5) is 13.2 Å². The van der Waals surface area contributed by atoms with E-state index in [1.165, 1.54) is 6.21 Å². The van der Waals surface area contributed by atoms with Crippen molar-refractivity contribution in [3.05, 3.63) is 46.0 Å². The van der Waals surface area contributed by atoms with Crippen molar-refractivity contribution in [2.24, 2.45) is 5.10 Å². The van der Waals surface area contributed by atoms with Gasteiger partial charge in [0, 0.05) is 0 Å². The van der Waals surface area contributed by atoms with Crippen molar-refractivity contribution in [2.45, 2.75) is 19.5 Å². The second-order valence-corrected chi connectivity index (χ2v) is 4.39. The summed E-state index contributed by atoms with van der Waals surface area (Å²) in [5.74, 6) is -1.18. The summed E-state index contributed by atoms with van der Waals surface area (Å²) >= 11 is 4.73. The lowest BCUT2D eigenvalue weighted by atomic mass is 10.1. The highest BCUT2D eigenvalue weighted by Gasteiger charge is 2.37. The van der Waals surface area contributed by atoms with E-state index < -0.39 is 12.0 Å². The number of hydrogen-bond donors (Lipinski definition) is 1. The van der Waals surface area contributed by atoms with Gasteiger partial charge in [0.2, 0.25) is 4.77 Å². The van der Waals surface area contributed by atoms with Crippen LogP contribution < -0.4 is 0 Å². The van der Waals surface area contributed by atoms with Crippen LogP contribution in [0.3, 0.4) is 0 Å². The predicted octanol–water partition coefficient (Wildman–Crippen LogP) is 3.40. The molecule has 0 radical (unpaired) electrons. The van der Waals surface area contributed by atoms with Gasteiger partial charge in [-0.2, -0.15) is 22.9 Å². The van der Waals surface area contributed by atoms with Crippen LogP contribution >= 0.6 is 12.2 Å². The van der Waals surface area contributed by atoms with Crippen LogP contribution in [-0.4, -0.2) is 21.1 Å². The molecule has 8 heteroatoms.